The number of rotatable bonds is 8. The van der Waals surface area contributed by atoms with Gasteiger partial charge in [0.1, 0.15) is 0 Å². The lowest BCUT2D eigenvalue weighted by atomic mass is 9.99. The van der Waals surface area contributed by atoms with Gasteiger partial charge < -0.3 is 9.47 Å². The van der Waals surface area contributed by atoms with Gasteiger partial charge >= 0.3 is 0 Å². The van der Waals surface area contributed by atoms with Gasteiger partial charge in [-0.3, -0.25) is 0 Å². The van der Waals surface area contributed by atoms with Crippen LogP contribution < -0.4 is 4.90 Å². The van der Waals surface area contributed by atoms with Crippen molar-refractivity contribution < 1.29 is 6.85 Å². The Balaban J connectivity index is 0.959. The van der Waals surface area contributed by atoms with E-state index in [1.54, 1.807) is 0 Å². The molecule has 2 heteroatoms. The Kier molecular flexibility index (Phi) is 7.59. The fraction of sp³-hybridized carbons (Fsp3) is 0. The van der Waals surface area contributed by atoms with Crippen LogP contribution in [-0.2, 0) is 0 Å². The van der Waals surface area contributed by atoms with Crippen molar-refractivity contribution in [2.45, 2.75) is 0 Å². The van der Waals surface area contributed by atoms with E-state index in [1.807, 2.05) is 48.5 Å². The minimum Gasteiger partial charge on any atom is -0.310 e. The first-order chi connectivity index (χ1) is 31.8. The third-order valence-electron chi connectivity index (χ3n) is 11.5. The molecule has 0 radical (unpaired) electrons. The standard InChI is InChI=1S/C58H40N2/c1-4-12-41(13-5-1)44-22-30-51(31-23-44)59(52-32-24-45(25-33-52)42-14-6-2-7-15-42)54-36-28-48-38-47(20-21-49(48)39-54)50-29-37-58-56(40-50)55-18-10-11-19-57(55)60(58)53-34-26-46(27-35-53)43-16-8-3-9-17-43/h1-40H/i1D,4D,5D,12D,13D. The molecule has 0 N–H and O–H groups in total. The van der Waals surface area contributed by atoms with Gasteiger partial charge in [-0.2, -0.15) is 0 Å². The molecule has 60 heavy (non-hydrogen) atoms. The Morgan fingerprint density at radius 1 is 0.317 bits per heavy atom. The molecule has 10 aromatic carbocycles. The van der Waals surface area contributed by atoms with Crippen LogP contribution >= 0.6 is 0 Å². The number of anilines is 3. The average molecular weight is 770 g/mol. The van der Waals surface area contributed by atoms with E-state index in [9.17, 15) is 0 Å². The molecular weight excluding hydrogens is 725 g/mol. The van der Waals surface area contributed by atoms with Crippen molar-refractivity contribution in [2.24, 2.45) is 0 Å². The molecule has 0 atom stereocenters. The summed E-state index contributed by atoms with van der Waals surface area (Å²) in [7, 11) is 0. The zero-order chi connectivity index (χ0) is 44.2. The maximum atomic E-state index is 8.56. The molecule has 0 aliphatic rings. The molecule has 0 unspecified atom stereocenters. The van der Waals surface area contributed by atoms with Crippen LogP contribution in [0.3, 0.4) is 0 Å². The Hall–Kier alpha value is -7.94. The van der Waals surface area contributed by atoms with Crippen LogP contribution in [0.2, 0.25) is 0 Å². The maximum absolute atomic E-state index is 8.56. The van der Waals surface area contributed by atoms with E-state index >= 15 is 0 Å². The lowest BCUT2D eigenvalue weighted by Crippen LogP contribution is -2.09. The zero-order valence-electron chi connectivity index (χ0n) is 37.6. The van der Waals surface area contributed by atoms with Gasteiger partial charge in [-0.05, 0) is 128 Å². The Morgan fingerprint density at radius 2 is 0.783 bits per heavy atom. The summed E-state index contributed by atoms with van der Waals surface area (Å²) in [5, 5.41) is 4.61. The molecule has 0 fully saturated rings. The van der Waals surface area contributed by atoms with E-state index in [0.29, 0.717) is 5.56 Å². The largest absolute Gasteiger partial charge is 0.310 e. The molecule has 0 aliphatic carbocycles. The summed E-state index contributed by atoms with van der Waals surface area (Å²) in [4.78, 5) is 2.19. The molecule has 11 aromatic rings. The summed E-state index contributed by atoms with van der Waals surface area (Å²) in [6, 6.07) is 72.7. The SMILES string of the molecule is [2H]c1c([2H])c([2H])c(-c2ccc(N(c3ccc(-c4ccccc4)cc3)c3ccc4cc(-c5ccc6c(c5)c5ccccc5n6-c5ccc(-c6ccccc6)cc5)ccc4c3)cc2)c([2H])c1[2H]. The lowest BCUT2D eigenvalue weighted by Gasteiger charge is -2.26. The van der Waals surface area contributed by atoms with Gasteiger partial charge in [0.25, 0.3) is 0 Å². The first-order valence-electron chi connectivity index (χ1n) is 22.7. The summed E-state index contributed by atoms with van der Waals surface area (Å²) < 4.78 is 44.0. The summed E-state index contributed by atoms with van der Waals surface area (Å²) in [5.41, 5.74) is 13.9. The number of aromatic nitrogens is 1. The number of nitrogens with zero attached hydrogens (tertiary/aromatic N) is 2. The monoisotopic (exact) mass is 769 g/mol. The summed E-state index contributed by atoms with van der Waals surface area (Å²) >= 11 is 0. The van der Waals surface area contributed by atoms with Crippen LogP contribution in [0.4, 0.5) is 17.1 Å². The van der Waals surface area contributed by atoms with Gasteiger partial charge in [0.05, 0.1) is 17.9 Å². The quantitative estimate of drug-likeness (QED) is 0.149. The van der Waals surface area contributed by atoms with Crippen molar-refractivity contribution in [2.75, 3.05) is 4.90 Å². The van der Waals surface area contributed by atoms with Crippen LogP contribution in [-0.4, -0.2) is 4.57 Å². The zero-order valence-corrected chi connectivity index (χ0v) is 32.6. The topological polar surface area (TPSA) is 8.17 Å². The molecule has 0 amide bonds. The maximum Gasteiger partial charge on any atom is 0.0629 e. The number of benzene rings is 10. The third kappa shape index (κ3) is 6.51. The van der Waals surface area contributed by atoms with Gasteiger partial charge in [0.15, 0.2) is 0 Å². The van der Waals surface area contributed by atoms with Crippen molar-refractivity contribution >= 4 is 49.6 Å². The van der Waals surface area contributed by atoms with E-state index < -0.39 is 6.04 Å². The molecule has 282 valence electrons. The molecule has 1 aromatic heterocycles. The van der Waals surface area contributed by atoms with Crippen molar-refractivity contribution in [3.8, 4) is 50.2 Å². The lowest BCUT2D eigenvalue weighted by molar-refractivity contribution is 1.18. The third-order valence-corrected chi connectivity index (χ3v) is 11.5. The fourth-order valence-electron chi connectivity index (χ4n) is 8.47. The van der Waals surface area contributed by atoms with Crippen LogP contribution in [0, 0.1) is 0 Å². The van der Waals surface area contributed by atoms with Crippen LogP contribution in [0.15, 0.2) is 243 Å². The Labute approximate surface area is 357 Å². The van der Waals surface area contributed by atoms with Gasteiger partial charge in [0.2, 0.25) is 0 Å². The number of fused-ring (bicyclic) bond motifs is 4. The normalized spacial score (nSPS) is 12.5. The molecular formula is C58H40N2. The van der Waals surface area contributed by atoms with Crippen molar-refractivity contribution in [1.29, 1.82) is 0 Å². The molecule has 0 aliphatic heterocycles. The predicted molar refractivity (Wildman–Crippen MR) is 255 cm³/mol. The predicted octanol–water partition coefficient (Wildman–Crippen LogP) is 16.1. The van der Waals surface area contributed by atoms with Crippen molar-refractivity contribution in [1.82, 2.24) is 4.57 Å². The van der Waals surface area contributed by atoms with Gasteiger partial charge in [-0.25, -0.2) is 0 Å². The first-order valence-corrected chi connectivity index (χ1v) is 20.2. The molecule has 1 heterocycles. The van der Waals surface area contributed by atoms with E-state index in [0.717, 1.165) is 61.3 Å². The smallest absolute Gasteiger partial charge is 0.0629 e. The second-order valence-corrected chi connectivity index (χ2v) is 15.0. The molecule has 0 saturated heterocycles. The van der Waals surface area contributed by atoms with Crippen LogP contribution in [0.5, 0.6) is 0 Å². The molecule has 2 nitrogen and oxygen atoms in total. The minimum atomic E-state index is -0.403. The van der Waals surface area contributed by atoms with Crippen LogP contribution in [0.25, 0.3) is 82.8 Å². The highest BCUT2D eigenvalue weighted by Gasteiger charge is 2.16. The fourth-order valence-corrected chi connectivity index (χ4v) is 8.47. The van der Waals surface area contributed by atoms with Crippen molar-refractivity contribution in [3.63, 3.8) is 0 Å². The van der Waals surface area contributed by atoms with E-state index in [1.165, 1.54) is 27.4 Å². The average Bonchev–Trinajstić information content (AvgIpc) is 3.70. The molecule has 0 bridgehead atoms. The Morgan fingerprint density at radius 3 is 1.45 bits per heavy atom. The number of hydrogen-bond acceptors (Lipinski definition) is 1. The highest BCUT2D eigenvalue weighted by molar-refractivity contribution is 6.10. The van der Waals surface area contributed by atoms with Crippen LogP contribution in [0.1, 0.15) is 6.85 Å². The summed E-state index contributed by atoms with van der Waals surface area (Å²) in [6.45, 7) is 0. The van der Waals surface area contributed by atoms with Gasteiger partial charge in [0, 0.05) is 33.5 Å². The van der Waals surface area contributed by atoms with E-state index in [4.69, 9.17) is 6.85 Å². The highest BCUT2D eigenvalue weighted by Crippen LogP contribution is 2.40. The second-order valence-electron chi connectivity index (χ2n) is 15.0. The van der Waals surface area contributed by atoms with Crippen molar-refractivity contribution in [3.05, 3.63) is 243 Å². The first kappa shape index (κ1) is 30.2. The highest BCUT2D eigenvalue weighted by atomic mass is 15.1. The number of para-hydroxylation sites is 1. The Bertz CT molecular complexity index is 3540. The summed E-state index contributed by atoms with van der Waals surface area (Å²) in [5.74, 6) is 0. The summed E-state index contributed by atoms with van der Waals surface area (Å²) in [6.07, 6.45) is 0. The van der Waals surface area contributed by atoms with E-state index in [-0.39, 0.29) is 29.7 Å². The molecule has 0 spiro atoms. The number of hydrogen-bond donors (Lipinski definition) is 0. The van der Waals surface area contributed by atoms with E-state index in [2.05, 4.69) is 173 Å². The molecule has 11 rings (SSSR count). The minimum absolute atomic E-state index is 0.182. The van der Waals surface area contributed by atoms with Gasteiger partial charge in [-0.1, -0.05) is 170 Å². The van der Waals surface area contributed by atoms with Gasteiger partial charge in [-0.15, -0.1) is 0 Å². The molecule has 0 saturated carbocycles. The second kappa shape index (κ2) is 15.1.